The lowest BCUT2D eigenvalue weighted by molar-refractivity contribution is -0.143. The molecule has 4 saturated carbocycles. The van der Waals surface area contributed by atoms with Gasteiger partial charge >= 0.3 is 0 Å². The Morgan fingerprint density at radius 2 is 1.92 bits per heavy atom. The standard InChI is InChI=1S/C20H27ClN2O3/c1-14(15-2-3-15)25-9-8-22-19-11-20(12-19,13-19)23-18(24)10-26-17-6-4-16(21)5-7-17/h4-7,14-15,22H,2-3,8-13H2,1H3,(H,23,24). The molecule has 6 heteroatoms. The third-order valence-electron chi connectivity index (χ3n) is 5.89. The molecular weight excluding hydrogens is 352 g/mol. The number of carbonyl (C=O) groups excluding carboxylic acids is 1. The third-order valence-corrected chi connectivity index (χ3v) is 6.14. The van der Waals surface area contributed by atoms with Crippen molar-refractivity contribution in [3.05, 3.63) is 29.3 Å². The Kier molecular flexibility index (Phi) is 4.88. The highest BCUT2D eigenvalue weighted by Gasteiger charge is 2.68. The minimum absolute atomic E-state index is 0.0183. The van der Waals surface area contributed by atoms with Crippen LogP contribution in [0.15, 0.2) is 24.3 Å². The van der Waals surface area contributed by atoms with E-state index in [4.69, 9.17) is 21.1 Å². The maximum Gasteiger partial charge on any atom is 0.258 e. The van der Waals surface area contributed by atoms with Gasteiger partial charge in [-0.1, -0.05) is 11.6 Å². The molecule has 5 nitrogen and oxygen atoms in total. The van der Waals surface area contributed by atoms with E-state index in [2.05, 4.69) is 17.6 Å². The second-order valence-electron chi connectivity index (χ2n) is 8.22. The Morgan fingerprint density at radius 1 is 1.23 bits per heavy atom. The lowest BCUT2D eigenvalue weighted by Crippen LogP contribution is -2.83. The molecule has 2 bridgehead atoms. The van der Waals surface area contributed by atoms with Crippen LogP contribution < -0.4 is 15.4 Å². The van der Waals surface area contributed by atoms with Crippen molar-refractivity contribution in [2.75, 3.05) is 19.8 Å². The van der Waals surface area contributed by atoms with Gasteiger partial charge in [0.15, 0.2) is 6.61 Å². The molecule has 0 spiro atoms. The zero-order chi connectivity index (χ0) is 18.2. The maximum absolute atomic E-state index is 12.1. The van der Waals surface area contributed by atoms with E-state index >= 15 is 0 Å². The molecule has 4 aliphatic carbocycles. The minimum atomic E-state index is -0.0603. The highest BCUT2D eigenvalue weighted by molar-refractivity contribution is 6.30. The Balaban J connectivity index is 1.10. The van der Waals surface area contributed by atoms with Crippen LogP contribution in [0.25, 0.3) is 0 Å². The Morgan fingerprint density at radius 3 is 2.58 bits per heavy atom. The van der Waals surface area contributed by atoms with Gasteiger partial charge in [-0.15, -0.1) is 0 Å². The summed E-state index contributed by atoms with van der Waals surface area (Å²) in [4.78, 5) is 12.1. The van der Waals surface area contributed by atoms with E-state index in [0.29, 0.717) is 16.9 Å². The monoisotopic (exact) mass is 378 g/mol. The molecule has 5 rings (SSSR count). The first-order valence-corrected chi connectivity index (χ1v) is 9.92. The first-order chi connectivity index (χ1) is 12.5. The largest absolute Gasteiger partial charge is 0.484 e. The SMILES string of the molecule is CC(OCCNC12CC(NC(=O)COc3ccc(Cl)cc3)(C1)C2)C1CC1. The summed E-state index contributed by atoms with van der Waals surface area (Å²) < 4.78 is 11.4. The highest BCUT2D eigenvalue weighted by atomic mass is 35.5. The molecule has 1 aromatic rings. The van der Waals surface area contributed by atoms with Crippen LogP contribution in [-0.4, -0.2) is 42.8 Å². The number of nitrogens with one attached hydrogen (secondary N) is 2. The number of rotatable bonds is 10. The summed E-state index contributed by atoms with van der Waals surface area (Å²) >= 11 is 5.83. The molecule has 0 saturated heterocycles. The third kappa shape index (κ3) is 4.00. The number of ether oxygens (including phenoxy) is 2. The fourth-order valence-electron chi connectivity index (χ4n) is 4.38. The molecule has 0 aliphatic heterocycles. The van der Waals surface area contributed by atoms with Crippen molar-refractivity contribution in [1.82, 2.24) is 10.6 Å². The zero-order valence-electron chi connectivity index (χ0n) is 15.2. The van der Waals surface area contributed by atoms with E-state index in [-0.39, 0.29) is 23.6 Å². The van der Waals surface area contributed by atoms with Gasteiger partial charge in [-0.25, -0.2) is 0 Å². The van der Waals surface area contributed by atoms with Crippen LogP contribution in [0.3, 0.4) is 0 Å². The molecule has 1 amide bonds. The molecule has 1 aromatic carbocycles. The predicted molar refractivity (Wildman–Crippen MR) is 101 cm³/mol. The Labute approximate surface area is 159 Å². The molecule has 1 unspecified atom stereocenters. The smallest absolute Gasteiger partial charge is 0.258 e. The van der Waals surface area contributed by atoms with Gasteiger partial charge in [0.1, 0.15) is 5.75 Å². The number of halogens is 1. The van der Waals surface area contributed by atoms with E-state index in [0.717, 1.165) is 38.3 Å². The fraction of sp³-hybridized carbons (Fsp3) is 0.650. The molecular formula is C20H27ClN2O3. The lowest BCUT2D eigenvalue weighted by atomic mass is 9.44. The molecule has 0 aromatic heterocycles. The molecule has 4 fully saturated rings. The molecule has 2 N–H and O–H groups in total. The second kappa shape index (κ2) is 7.02. The molecule has 0 heterocycles. The number of hydrogen-bond acceptors (Lipinski definition) is 4. The number of carbonyl (C=O) groups is 1. The topological polar surface area (TPSA) is 59.6 Å². The van der Waals surface area contributed by atoms with Gasteiger partial charge in [-0.05, 0) is 69.2 Å². The summed E-state index contributed by atoms with van der Waals surface area (Å²) in [6.45, 7) is 3.88. The predicted octanol–water partition coefficient (Wildman–Crippen LogP) is 2.91. The summed E-state index contributed by atoms with van der Waals surface area (Å²) in [7, 11) is 0. The number of benzene rings is 1. The number of hydrogen-bond donors (Lipinski definition) is 2. The maximum atomic E-state index is 12.1. The first kappa shape index (κ1) is 18.1. The van der Waals surface area contributed by atoms with Crippen LogP contribution in [0, 0.1) is 5.92 Å². The average molecular weight is 379 g/mol. The van der Waals surface area contributed by atoms with Crippen LogP contribution in [-0.2, 0) is 9.53 Å². The lowest BCUT2D eigenvalue weighted by Gasteiger charge is -2.70. The van der Waals surface area contributed by atoms with E-state index < -0.39 is 0 Å². The molecule has 0 radical (unpaired) electrons. The van der Waals surface area contributed by atoms with Crippen LogP contribution in [0.2, 0.25) is 5.02 Å². The van der Waals surface area contributed by atoms with Crippen LogP contribution in [0.1, 0.15) is 39.0 Å². The van der Waals surface area contributed by atoms with Crippen LogP contribution >= 0.6 is 11.6 Å². The van der Waals surface area contributed by atoms with Gasteiger partial charge < -0.3 is 20.1 Å². The summed E-state index contributed by atoms with van der Waals surface area (Å²) in [5, 5.41) is 7.41. The summed E-state index contributed by atoms with van der Waals surface area (Å²) in [5.74, 6) is 1.38. The van der Waals surface area contributed by atoms with E-state index in [1.54, 1.807) is 24.3 Å². The van der Waals surface area contributed by atoms with Gasteiger partial charge in [0, 0.05) is 22.6 Å². The van der Waals surface area contributed by atoms with Gasteiger partial charge in [0.25, 0.3) is 5.91 Å². The Hall–Kier alpha value is -1.30. The number of amides is 1. The average Bonchev–Trinajstić information content (AvgIpc) is 3.39. The van der Waals surface area contributed by atoms with Gasteiger partial charge in [-0.3, -0.25) is 4.79 Å². The molecule has 26 heavy (non-hydrogen) atoms. The van der Waals surface area contributed by atoms with Gasteiger partial charge in [0.05, 0.1) is 12.7 Å². The zero-order valence-corrected chi connectivity index (χ0v) is 16.0. The second-order valence-corrected chi connectivity index (χ2v) is 8.66. The van der Waals surface area contributed by atoms with Gasteiger partial charge in [-0.2, -0.15) is 0 Å². The minimum Gasteiger partial charge on any atom is -0.484 e. The Bertz CT molecular complexity index is 640. The normalized spacial score (nSPS) is 30.1. The highest BCUT2D eigenvalue weighted by Crippen LogP contribution is 2.60. The van der Waals surface area contributed by atoms with E-state index in [1.165, 1.54) is 12.8 Å². The van der Waals surface area contributed by atoms with Crippen molar-refractivity contribution in [1.29, 1.82) is 0 Å². The molecule has 4 aliphatic rings. The summed E-state index contributed by atoms with van der Waals surface area (Å²) in [5.41, 5.74) is 0.200. The van der Waals surface area contributed by atoms with Crippen molar-refractivity contribution in [3.8, 4) is 5.75 Å². The first-order valence-electron chi connectivity index (χ1n) is 9.54. The van der Waals surface area contributed by atoms with Crippen molar-refractivity contribution in [2.24, 2.45) is 5.92 Å². The molecule has 142 valence electrons. The van der Waals surface area contributed by atoms with E-state index in [9.17, 15) is 4.79 Å². The quantitative estimate of drug-likeness (QED) is 0.614. The summed E-state index contributed by atoms with van der Waals surface area (Å²) in [6.07, 6.45) is 6.06. The fourth-order valence-corrected chi connectivity index (χ4v) is 4.51. The van der Waals surface area contributed by atoms with Crippen molar-refractivity contribution in [2.45, 2.75) is 56.2 Å². The van der Waals surface area contributed by atoms with Crippen LogP contribution in [0.5, 0.6) is 5.75 Å². The summed E-state index contributed by atoms with van der Waals surface area (Å²) in [6, 6.07) is 7.03. The van der Waals surface area contributed by atoms with Crippen molar-refractivity contribution < 1.29 is 14.3 Å². The molecule has 1 atom stereocenters. The van der Waals surface area contributed by atoms with Crippen LogP contribution in [0.4, 0.5) is 0 Å². The van der Waals surface area contributed by atoms with Crippen molar-refractivity contribution >= 4 is 17.5 Å². The van der Waals surface area contributed by atoms with Gasteiger partial charge in [0.2, 0.25) is 0 Å². The van der Waals surface area contributed by atoms with E-state index in [1.807, 2.05) is 0 Å². The van der Waals surface area contributed by atoms with Crippen molar-refractivity contribution in [3.63, 3.8) is 0 Å².